The molecule has 13 nitrogen and oxygen atoms in total. The van der Waals surface area contributed by atoms with E-state index < -0.39 is 30.1 Å². The van der Waals surface area contributed by atoms with Crippen molar-refractivity contribution in [1.29, 1.82) is 5.26 Å². The number of nitrogens with two attached hydrogens (primary N) is 1. The summed E-state index contributed by atoms with van der Waals surface area (Å²) in [5, 5.41) is 31.0. The van der Waals surface area contributed by atoms with Crippen LogP contribution in [0.2, 0.25) is 0 Å². The van der Waals surface area contributed by atoms with Gasteiger partial charge in [-0.05, 0) is 25.1 Å². The molecule has 0 bridgehead atoms. The normalized spacial score (nSPS) is 18.7. The lowest BCUT2D eigenvalue weighted by Crippen LogP contribution is -2.58. The lowest BCUT2D eigenvalue weighted by Gasteiger charge is -2.36. The van der Waals surface area contributed by atoms with Crippen LogP contribution < -0.4 is 16.0 Å². The van der Waals surface area contributed by atoms with Gasteiger partial charge in [-0.25, -0.2) is 9.67 Å². The van der Waals surface area contributed by atoms with E-state index in [-0.39, 0.29) is 18.1 Å². The number of pyridine rings is 1. The summed E-state index contributed by atoms with van der Waals surface area (Å²) >= 11 is 0. The Morgan fingerprint density at radius 1 is 1.33 bits per heavy atom. The van der Waals surface area contributed by atoms with Gasteiger partial charge in [-0.1, -0.05) is 5.16 Å². The lowest BCUT2D eigenvalue weighted by molar-refractivity contribution is -0.156. The number of aromatic nitrogens is 4. The Bertz CT molecular complexity index is 1510. The molecule has 1 fully saturated rings. The molecule has 0 unspecified atom stereocenters. The number of nitrogens with zero attached hydrogens (tertiary/aromatic N) is 6. The number of nitrogen functional groups attached to an aromatic ring is 1. The molecule has 0 spiro atoms. The number of hydrogen-bond donors (Lipinski definition) is 3. The Labute approximate surface area is 203 Å². The maximum absolute atomic E-state index is 13.2. The van der Waals surface area contributed by atoms with Gasteiger partial charge in [0.2, 0.25) is 0 Å². The zero-order valence-corrected chi connectivity index (χ0v) is 18.9. The second-order valence-electron chi connectivity index (χ2n) is 8.16. The van der Waals surface area contributed by atoms with E-state index in [9.17, 15) is 14.7 Å². The largest absolute Gasteiger partial charge is 0.380 e. The molecule has 1 aromatic carbocycles. The second kappa shape index (κ2) is 9.10. The van der Waals surface area contributed by atoms with Crippen LogP contribution >= 0.6 is 0 Å². The predicted molar refractivity (Wildman–Crippen MR) is 126 cm³/mol. The number of aliphatic hydroxyl groups excluding tert-OH is 1. The molecule has 5 rings (SSSR count). The van der Waals surface area contributed by atoms with Crippen LogP contribution in [-0.2, 0) is 14.3 Å². The topological polar surface area (TPSA) is 185 Å². The van der Waals surface area contributed by atoms with Crippen molar-refractivity contribution >= 4 is 40.1 Å². The first-order valence-electron chi connectivity index (χ1n) is 10.9. The molecule has 4 aromatic rings. The smallest absolute Gasteiger partial charge is 0.260 e. The molecule has 0 radical (unpaired) electrons. The van der Waals surface area contributed by atoms with Crippen molar-refractivity contribution in [2.75, 3.05) is 22.5 Å². The van der Waals surface area contributed by atoms with Crippen molar-refractivity contribution in [1.82, 2.24) is 19.9 Å². The number of amides is 2. The zero-order chi connectivity index (χ0) is 25.4. The number of fused-ring (bicyclic) bond motifs is 1. The van der Waals surface area contributed by atoms with Crippen molar-refractivity contribution in [3.8, 4) is 11.8 Å². The molecule has 1 aliphatic heterocycles. The van der Waals surface area contributed by atoms with Gasteiger partial charge in [-0.15, -0.1) is 5.10 Å². The van der Waals surface area contributed by atoms with E-state index in [0.29, 0.717) is 28.2 Å². The van der Waals surface area contributed by atoms with Gasteiger partial charge in [0, 0.05) is 36.3 Å². The minimum atomic E-state index is -1.79. The summed E-state index contributed by atoms with van der Waals surface area (Å²) in [6.07, 6.45) is -0.616. The van der Waals surface area contributed by atoms with Gasteiger partial charge in [0.1, 0.15) is 11.8 Å². The summed E-state index contributed by atoms with van der Waals surface area (Å²) in [7, 11) is 0. The first-order valence-corrected chi connectivity index (χ1v) is 10.9. The third kappa shape index (κ3) is 4.22. The molecule has 3 atom stereocenters. The van der Waals surface area contributed by atoms with Crippen molar-refractivity contribution in [2.45, 2.75) is 25.2 Å². The van der Waals surface area contributed by atoms with Gasteiger partial charge in [0.25, 0.3) is 11.8 Å². The van der Waals surface area contributed by atoms with Gasteiger partial charge in [0.05, 0.1) is 23.7 Å². The fourth-order valence-corrected chi connectivity index (χ4v) is 3.88. The number of hydrogen-bond acceptors (Lipinski definition) is 10. The molecule has 0 saturated carbocycles. The van der Waals surface area contributed by atoms with Crippen molar-refractivity contribution < 1.29 is 24.0 Å². The lowest BCUT2D eigenvalue weighted by atomic mass is 10.1. The standard InChI is InChI=1S/C23H20N8O5/c1-12-11-30(18-5-7-31(28-18)15-4-6-26-14(8-15)10-24)23(34)20(35-12)19(32)22(33)27-13-2-3-16-17(9-13)36-29-21(16)25/h2-9,12,19-20,32H,11H2,1H3,(H2,25,29)(H,27,33)/t12-,19+,20+/m0/s1. The van der Waals surface area contributed by atoms with E-state index in [1.807, 2.05) is 6.07 Å². The van der Waals surface area contributed by atoms with Gasteiger partial charge in [-0.3, -0.25) is 14.5 Å². The van der Waals surface area contributed by atoms with E-state index in [4.69, 9.17) is 20.3 Å². The van der Waals surface area contributed by atoms with Crippen LogP contribution in [0.1, 0.15) is 12.6 Å². The zero-order valence-electron chi connectivity index (χ0n) is 18.9. The van der Waals surface area contributed by atoms with Gasteiger partial charge >= 0.3 is 0 Å². The number of carbonyl (C=O) groups is 2. The number of benzene rings is 1. The van der Waals surface area contributed by atoms with Crippen LogP contribution in [-0.4, -0.2) is 61.7 Å². The highest BCUT2D eigenvalue weighted by molar-refractivity contribution is 6.04. The van der Waals surface area contributed by atoms with Gasteiger partial charge in [-0.2, -0.15) is 5.26 Å². The number of morpholine rings is 1. The molecule has 2 amide bonds. The number of nitriles is 1. The molecule has 3 aromatic heterocycles. The minimum Gasteiger partial charge on any atom is -0.380 e. The number of rotatable bonds is 5. The number of anilines is 3. The molecular weight excluding hydrogens is 468 g/mol. The van der Waals surface area contributed by atoms with Crippen molar-refractivity contribution in [3.05, 3.63) is 54.5 Å². The van der Waals surface area contributed by atoms with Crippen LogP contribution in [0, 0.1) is 11.3 Å². The van der Waals surface area contributed by atoms with Gasteiger partial charge in [0.15, 0.2) is 29.4 Å². The second-order valence-corrected chi connectivity index (χ2v) is 8.16. The molecule has 4 N–H and O–H groups in total. The number of aliphatic hydroxyl groups is 1. The van der Waals surface area contributed by atoms with E-state index in [2.05, 4.69) is 20.6 Å². The summed E-state index contributed by atoms with van der Waals surface area (Å²) in [5.41, 5.74) is 7.19. The molecule has 1 aliphatic rings. The molecule has 1 saturated heterocycles. The van der Waals surface area contributed by atoms with E-state index in [1.54, 1.807) is 43.5 Å². The minimum absolute atomic E-state index is 0.171. The van der Waals surface area contributed by atoms with Crippen LogP contribution in [0.5, 0.6) is 0 Å². The highest BCUT2D eigenvalue weighted by Gasteiger charge is 2.42. The maximum atomic E-state index is 13.2. The van der Waals surface area contributed by atoms with E-state index in [1.165, 1.54) is 21.8 Å². The average Bonchev–Trinajstić information content (AvgIpc) is 3.52. The fourth-order valence-electron chi connectivity index (χ4n) is 3.88. The molecule has 4 heterocycles. The van der Waals surface area contributed by atoms with Crippen LogP contribution in [0.15, 0.2) is 53.3 Å². The first kappa shape index (κ1) is 23.0. The Kier molecular flexibility index (Phi) is 5.80. The SMILES string of the molecule is C[C@H]1CN(c2ccn(-c3ccnc(C#N)c3)n2)C(=O)[C@@H]([C@@H](O)C(=O)Nc2ccc3c(N)noc3c2)O1. The Hall–Kier alpha value is -4.80. The summed E-state index contributed by atoms with van der Waals surface area (Å²) in [6, 6.07) is 11.5. The molecule has 36 heavy (non-hydrogen) atoms. The van der Waals surface area contributed by atoms with Crippen LogP contribution in [0.3, 0.4) is 0 Å². The number of ether oxygens (including phenoxy) is 1. The third-order valence-electron chi connectivity index (χ3n) is 5.63. The van der Waals surface area contributed by atoms with E-state index >= 15 is 0 Å². The molecule has 13 heteroatoms. The van der Waals surface area contributed by atoms with Crippen molar-refractivity contribution in [2.24, 2.45) is 0 Å². The fraction of sp³-hybridized carbons (Fsp3) is 0.217. The summed E-state index contributed by atoms with van der Waals surface area (Å²) < 4.78 is 12.2. The first-order chi connectivity index (χ1) is 17.3. The molecule has 182 valence electrons. The Morgan fingerprint density at radius 3 is 2.97 bits per heavy atom. The Morgan fingerprint density at radius 2 is 2.17 bits per heavy atom. The maximum Gasteiger partial charge on any atom is 0.260 e. The average molecular weight is 488 g/mol. The quantitative estimate of drug-likeness (QED) is 0.366. The third-order valence-corrected chi connectivity index (χ3v) is 5.63. The summed E-state index contributed by atoms with van der Waals surface area (Å²) in [6.45, 7) is 1.89. The Balaban J connectivity index is 1.33. The van der Waals surface area contributed by atoms with E-state index in [0.717, 1.165) is 0 Å². The van der Waals surface area contributed by atoms with Crippen LogP contribution in [0.4, 0.5) is 17.3 Å². The number of carbonyl (C=O) groups excluding carboxylic acids is 2. The molecular formula is C23H20N8O5. The predicted octanol–water partition coefficient (Wildman–Crippen LogP) is 0.982. The van der Waals surface area contributed by atoms with Crippen LogP contribution in [0.25, 0.3) is 16.7 Å². The monoisotopic (exact) mass is 488 g/mol. The summed E-state index contributed by atoms with van der Waals surface area (Å²) in [4.78, 5) is 31.3. The molecule has 0 aliphatic carbocycles. The highest BCUT2D eigenvalue weighted by Crippen LogP contribution is 2.25. The summed E-state index contributed by atoms with van der Waals surface area (Å²) in [5.74, 6) is -0.931. The highest BCUT2D eigenvalue weighted by atomic mass is 16.5. The van der Waals surface area contributed by atoms with Gasteiger partial charge < -0.3 is 25.4 Å². The van der Waals surface area contributed by atoms with Crippen molar-refractivity contribution in [3.63, 3.8) is 0 Å². The number of nitrogens with one attached hydrogen (secondary N) is 1.